The minimum Gasteiger partial charge on any atom is -0.325 e. The lowest BCUT2D eigenvalue weighted by atomic mass is 10.1. The van der Waals surface area contributed by atoms with E-state index in [1.165, 1.54) is 10.6 Å². The molecule has 0 spiro atoms. The molecule has 0 atom stereocenters. The van der Waals surface area contributed by atoms with Crippen LogP contribution in [0.5, 0.6) is 0 Å². The molecule has 0 aliphatic heterocycles. The van der Waals surface area contributed by atoms with Gasteiger partial charge >= 0.3 is 0 Å². The maximum atomic E-state index is 5.57. The van der Waals surface area contributed by atoms with Crippen LogP contribution < -0.4 is 5.73 Å². The van der Waals surface area contributed by atoms with E-state index >= 15 is 0 Å². The van der Waals surface area contributed by atoms with Crippen LogP contribution in [-0.4, -0.2) is 4.98 Å². The number of hydrogen-bond acceptors (Lipinski definition) is 3. The first-order valence-electron chi connectivity index (χ1n) is 4.84. The Morgan fingerprint density at radius 2 is 2.15 bits per heavy atom. The highest BCUT2D eigenvalue weighted by Gasteiger charge is 2.09. The zero-order valence-electron chi connectivity index (χ0n) is 8.63. The van der Waals surface area contributed by atoms with Crippen LogP contribution >= 0.6 is 11.3 Å². The van der Waals surface area contributed by atoms with Crippen LogP contribution in [0, 0.1) is 5.92 Å². The van der Waals surface area contributed by atoms with Crippen LogP contribution in [-0.2, 0) is 19.4 Å². The van der Waals surface area contributed by atoms with Gasteiger partial charge in [0, 0.05) is 11.4 Å². The monoisotopic (exact) mass is 198 g/mol. The molecule has 0 bridgehead atoms. The lowest BCUT2D eigenvalue weighted by Crippen LogP contribution is -1.99. The van der Waals surface area contributed by atoms with Crippen LogP contribution in [0.1, 0.15) is 36.3 Å². The average molecular weight is 198 g/mol. The fourth-order valence-electron chi connectivity index (χ4n) is 1.35. The summed E-state index contributed by atoms with van der Waals surface area (Å²) in [5, 5.41) is 1.08. The average Bonchev–Trinajstić information content (AvgIpc) is 2.46. The fourth-order valence-corrected chi connectivity index (χ4v) is 2.26. The van der Waals surface area contributed by atoms with Crippen molar-refractivity contribution >= 4 is 11.3 Å². The second-order valence-corrected chi connectivity index (χ2v) is 4.80. The summed E-state index contributed by atoms with van der Waals surface area (Å²) in [4.78, 5) is 5.94. The van der Waals surface area contributed by atoms with E-state index in [-0.39, 0.29) is 0 Å². The molecule has 0 aromatic carbocycles. The fraction of sp³-hybridized carbons (Fsp3) is 0.700. The third kappa shape index (κ3) is 2.78. The van der Waals surface area contributed by atoms with Crippen molar-refractivity contribution in [1.82, 2.24) is 4.98 Å². The van der Waals surface area contributed by atoms with Crippen LogP contribution in [0.4, 0.5) is 0 Å². The van der Waals surface area contributed by atoms with Gasteiger partial charge in [0.15, 0.2) is 0 Å². The van der Waals surface area contributed by atoms with E-state index in [9.17, 15) is 0 Å². The summed E-state index contributed by atoms with van der Waals surface area (Å²) in [5.74, 6) is 0.679. The third-order valence-corrected chi connectivity index (χ3v) is 3.18. The zero-order valence-corrected chi connectivity index (χ0v) is 9.45. The molecule has 1 rings (SSSR count). The van der Waals surface area contributed by atoms with Gasteiger partial charge in [-0.15, -0.1) is 11.3 Å². The maximum absolute atomic E-state index is 5.57. The lowest BCUT2D eigenvalue weighted by molar-refractivity contribution is 0.632. The Hall–Kier alpha value is -0.410. The maximum Gasteiger partial charge on any atom is 0.107 e. The number of nitrogens with zero attached hydrogens (tertiary/aromatic N) is 1. The third-order valence-electron chi connectivity index (χ3n) is 1.92. The SMILES string of the molecule is CCc1sc(CN)nc1CC(C)C. The number of aryl methyl sites for hydroxylation is 1. The first-order valence-corrected chi connectivity index (χ1v) is 5.66. The van der Waals surface area contributed by atoms with Crippen molar-refractivity contribution in [2.75, 3.05) is 0 Å². The van der Waals surface area contributed by atoms with Crippen LogP contribution in [0.2, 0.25) is 0 Å². The van der Waals surface area contributed by atoms with Gasteiger partial charge in [-0.2, -0.15) is 0 Å². The molecule has 0 unspecified atom stereocenters. The second-order valence-electron chi connectivity index (χ2n) is 3.63. The summed E-state index contributed by atoms with van der Waals surface area (Å²) in [6, 6.07) is 0. The van der Waals surface area contributed by atoms with Crippen molar-refractivity contribution in [1.29, 1.82) is 0 Å². The summed E-state index contributed by atoms with van der Waals surface area (Å²) < 4.78 is 0. The Balaban J connectivity index is 2.84. The molecule has 0 radical (unpaired) electrons. The molecule has 0 aliphatic rings. The van der Waals surface area contributed by atoms with E-state index in [1.807, 2.05) is 0 Å². The molecule has 0 saturated heterocycles. The van der Waals surface area contributed by atoms with Crippen LogP contribution in [0.25, 0.3) is 0 Å². The number of hydrogen-bond donors (Lipinski definition) is 1. The highest BCUT2D eigenvalue weighted by molar-refractivity contribution is 7.11. The Morgan fingerprint density at radius 3 is 2.62 bits per heavy atom. The van der Waals surface area contributed by atoms with Gasteiger partial charge in [0.1, 0.15) is 5.01 Å². The summed E-state index contributed by atoms with van der Waals surface area (Å²) in [7, 11) is 0. The summed E-state index contributed by atoms with van der Waals surface area (Å²) in [6.45, 7) is 7.20. The van der Waals surface area contributed by atoms with Crippen molar-refractivity contribution in [3.05, 3.63) is 15.6 Å². The molecule has 13 heavy (non-hydrogen) atoms. The first kappa shape index (κ1) is 10.7. The van der Waals surface area contributed by atoms with Crippen LogP contribution in [0.15, 0.2) is 0 Å². The molecular formula is C10H18N2S. The van der Waals surface area contributed by atoms with Crippen LogP contribution in [0.3, 0.4) is 0 Å². The molecular weight excluding hydrogens is 180 g/mol. The molecule has 2 nitrogen and oxygen atoms in total. The van der Waals surface area contributed by atoms with Crippen molar-refractivity contribution in [2.45, 2.75) is 40.2 Å². The van der Waals surface area contributed by atoms with Gasteiger partial charge in [-0.05, 0) is 18.8 Å². The predicted octanol–water partition coefficient (Wildman–Crippen LogP) is 2.36. The van der Waals surface area contributed by atoms with Crippen molar-refractivity contribution in [3.8, 4) is 0 Å². The number of rotatable bonds is 4. The Labute approximate surface area is 84.2 Å². The molecule has 1 aromatic heterocycles. The topological polar surface area (TPSA) is 38.9 Å². The largest absolute Gasteiger partial charge is 0.325 e. The highest BCUT2D eigenvalue weighted by atomic mass is 32.1. The molecule has 74 valence electrons. The molecule has 1 heterocycles. The van der Waals surface area contributed by atoms with E-state index < -0.39 is 0 Å². The summed E-state index contributed by atoms with van der Waals surface area (Å²) in [6.07, 6.45) is 2.17. The van der Waals surface area contributed by atoms with Gasteiger partial charge in [0.2, 0.25) is 0 Å². The zero-order chi connectivity index (χ0) is 9.84. The Morgan fingerprint density at radius 1 is 1.46 bits per heavy atom. The van der Waals surface area contributed by atoms with E-state index in [0.717, 1.165) is 17.8 Å². The minimum absolute atomic E-state index is 0.579. The molecule has 0 saturated carbocycles. The molecule has 0 amide bonds. The number of thiazole rings is 1. The molecule has 0 fully saturated rings. The summed E-state index contributed by atoms with van der Waals surface area (Å²) in [5.41, 5.74) is 6.83. The first-order chi connectivity index (χ1) is 6.17. The van der Waals surface area contributed by atoms with Gasteiger partial charge < -0.3 is 5.73 Å². The Kier molecular flexibility index (Phi) is 3.88. The standard InChI is InChI=1S/C10H18N2S/c1-4-9-8(5-7(2)3)12-10(6-11)13-9/h7H,4-6,11H2,1-3H3. The van der Waals surface area contributed by atoms with Crippen molar-refractivity contribution in [3.63, 3.8) is 0 Å². The predicted molar refractivity (Wildman–Crippen MR) is 57.9 cm³/mol. The van der Waals surface area contributed by atoms with Gasteiger partial charge in [0.05, 0.1) is 5.69 Å². The molecule has 2 N–H and O–H groups in total. The summed E-state index contributed by atoms with van der Waals surface area (Å²) >= 11 is 1.77. The lowest BCUT2D eigenvalue weighted by Gasteiger charge is -2.02. The van der Waals surface area contributed by atoms with Gasteiger partial charge in [-0.25, -0.2) is 4.98 Å². The molecule has 0 aliphatic carbocycles. The quantitative estimate of drug-likeness (QED) is 0.806. The molecule has 3 heteroatoms. The highest BCUT2D eigenvalue weighted by Crippen LogP contribution is 2.21. The number of nitrogens with two attached hydrogens (primary N) is 1. The van der Waals surface area contributed by atoms with Crippen molar-refractivity contribution in [2.24, 2.45) is 11.7 Å². The van der Waals surface area contributed by atoms with E-state index in [4.69, 9.17) is 5.73 Å². The smallest absolute Gasteiger partial charge is 0.107 e. The van der Waals surface area contributed by atoms with Gasteiger partial charge in [0.25, 0.3) is 0 Å². The van der Waals surface area contributed by atoms with Gasteiger partial charge in [-0.3, -0.25) is 0 Å². The van der Waals surface area contributed by atoms with Gasteiger partial charge in [-0.1, -0.05) is 20.8 Å². The second kappa shape index (κ2) is 4.72. The molecule has 1 aromatic rings. The van der Waals surface area contributed by atoms with E-state index in [0.29, 0.717) is 12.5 Å². The van der Waals surface area contributed by atoms with E-state index in [2.05, 4.69) is 25.8 Å². The number of aromatic nitrogens is 1. The van der Waals surface area contributed by atoms with E-state index in [1.54, 1.807) is 11.3 Å². The van der Waals surface area contributed by atoms with Crippen molar-refractivity contribution < 1.29 is 0 Å². The normalized spacial score (nSPS) is 11.2. The Bertz CT molecular complexity index is 266. The minimum atomic E-state index is 0.579.